The zero-order valence-corrected chi connectivity index (χ0v) is 34.9. The van der Waals surface area contributed by atoms with Gasteiger partial charge in [0.25, 0.3) is 0 Å². The lowest BCUT2D eigenvalue weighted by molar-refractivity contribution is -0.228. The highest BCUT2D eigenvalue weighted by molar-refractivity contribution is 6.21. The number of anilines is 1. The third kappa shape index (κ3) is 4.30. The molecule has 13 heteroatoms. The topological polar surface area (TPSA) is 151 Å². The average Bonchev–Trinajstić information content (AvgIpc) is 3.99. The lowest BCUT2D eigenvalue weighted by Crippen LogP contribution is -2.81. The maximum atomic E-state index is 15.3. The SMILES string of the molecule is CCC1=C[C@@]2(O)C[C@](C(=O)OC)(c3cc4c(cc3OC)N(C)[C@H]3[C@@](O)(C(=O)OC)[C@H](OC(C)=O)[C@]5(CC)C=CCN6CC[C@]43[C@@H]65)C3=Nc4ccccc4[C@@]34CCN(C1)[C@@H]24. The molecule has 0 radical (unpaired) electrons. The van der Waals surface area contributed by atoms with Crippen LogP contribution in [0.5, 0.6) is 5.75 Å². The van der Waals surface area contributed by atoms with Gasteiger partial charge in [0.2, 0.25) is 5.60 Å². The molecule has 2 saturated heterocycles. The molecular weight excluding hydrogens is 753 g/mol. The summed E-state index contributed by atoms with van der Waals surface area (Å²) in [6.45, 7) is 8.11. The van der Waals surface area contributed by atoms with E-state index >= 15 is 4.79 Å². The summed E-state index contributed by atoms with van der Waals surface area (Å²) in [6, 6.07) is 10.3. The van der Waals surface area contributed by atoms with E-state index in [4.69, 9.17) is 23.9 Å². The molecule has 6 aliphatic heterocycles. The number of nitrogens with zero attached hydrogens (tertiary/aromatic N) is 4. The number of rotatable bonds is 7. The number of para-hydroxylation sites is 1. The number of benzene rings is 2. The van der Waals surface area contributed by atoms with Gasteiger partial charge in [0.1, 0.15) is 16.8 Å². The first-order valence-electron chi connectivity index (χ1n) is 21.0. The molecule has 10 rings (SSSR count). The number of aliphatic imine (C=N–C) groups is 1. The Morgan fingerprint density at radius 2 is 1.66 bits per heavy atom. The summed E-state index contributed by atoms with van der Waals surface area (Å²) in [6.07, 6.45) is 7.16. The lowest BCUT2D eigenvalue weighted by Gasteiger charge is -2.63. The fraction of sp³-hybridized carbons (Fsp3) is 0.565. The Morgan fingerprint density at radius 3 is 2.36 bits per heavy atom. The molecule has 2 aromatic carbocycles. The molecule has 0 bridgehead atoms. The molecule has 2 aliphatic carbocycles. The summed E-state index contributed by atoms with van der Waals surface area (Å²) in [7, 11) is 6.05. The van der Waals surface area contributed by atoms with Crippen LogP contribution in [0.1, 0.15) is 69.6 Å². The first kappa shape index (κ1) is 38.6. The number of hydrogen-bond donors (Lipinski definition) is 2. The van der Waals surface area contributed by atoms with Gasteiger partial charge in [0.15, 0.2) is 6.10 Å². The average molecular weight is 807 g/mol. The number of methoxy groups -OCH3 is 3. The van der Waals surface area contributed by atoms with Crippen molar-refractivity contribution in [2.45, 2.75) is 105 Å². The van der Waals surface area contributed by atoms with Gasteiger partial charge in [-0.05, 0) is 55.5 Å². The molecular formula is C46H54N4O9. The van der Waals surface area contributed by atoms with Crippen molar-refractivity contribution in [3.05, 3.63) is 76.9 Å². The van der Waals surface area contributed by atoms with Crippen molar-refractivity contribution in [2.75, 3.05) is 59.5 Å². The molecule has 8 aliphatic rings. The second-order valence-corrected chi connectivity index (χ2v) is 18.2. The predicted octanol–water partition coefficient (Wildman–Crippen LogP) is 3.64. The fourth-order valence-corrected chi connectivity index (χ4v) is 14.5. The van der Waals surface area contributed by atoms with E-state index in [1.54, 1.807) is 7.11 Å². The number of carbonyl (C=O) groups is 3. The maximum Gasteiger partial charge on any atom is 0.344 e. The standard InChI is InChI=1S/C46H54N4O9/c1-8-27-23-42(54)25-45(39(52)57-6,34-43(16-20-50(24-27)36(42)43)28-13-10-11-14-31(28)47-34)30-21-29-32(22-33(30)56-5)48(4)37-44(29)17-19-49-18-12-15-41(9-2,35(44)49)38(59-26(3)51)46(37,55)40(53)58-7/h10-15,21-23,35-38,54-55H,8-9,16-20,24-25H2,1-7H3/t35-,36-,37+,38+,41+,42+,43-,44+,45-,46-/m0/s1. The van der Waals surface area contributed by atoms with E-state index in [9.17, 15) is 19.8 Å². The number of esters is 3. The largest absolute Gasteiger partial charge is 0.496 e. The smallest absolute Gasteiger partial charge is 0.344 e. The number of aliphatic hydroxyl groups is 2. The molecule has 2 aromatic rings. The summed E-state index contributed by atoms with van der Waals surface area (Å²) >= 11 is 0. The minimum Gasteiger partial charge on any atom is -0.496 e. The van der Waals surface area contributed by atoms with Crippen molar-refractivity contribution in [3.8, 4) is 5.75 Å². The monoisotopic (exact) mass is 806 g/mol. The second-order valence-electron chi connectivity index (χ2n) is 18.2. The molecule has 0 aromatic heterocycles. The van der Waals surface area contributed by atoms with Crippen molar-refractivity contribution in [2.24, 2.45) is 10.4 Å². The van der Waals surface area contributed by atoms with E-state index in [1.165, 1.54) is 21.1 Å². The molecule has 0 unspecified atom stereocenters. The van der Waals surface area contributed by atoms with Crippen molar-refractivity contribution in [1.29, 1.82) is 0 Å². The van der Waals surface area contributed by atoms with Crippen LogP contribution in [0.4, 0.5) is 11.4 Å². The Labute approximate surface area is 344 Å². The molecule has 13 nitrogen and oxygen atoms in total. The molecule has 4 fully saturated rings. The van der Waals surface area contributed by atoms with Crippen LogP contribution in [0.15, 0.2) is 65.2 Å². The minimum absolute atomic E-state index is 0.0366. The molecule has 59 heavy (non-hydrogen) atoms. The van der Waals surface area contributed by atoms with Crippen LogP contribution in [0, 0.1) is 5.41 Å². The fourth-order valence-electron chi connectivity index (χ4n) is 14.5. The Balaban J connectivity index is 1.29. The van der Waals surface area contributed by atoms with E-state index < -0.39 is 62.9 Å². The van der Waals surface area contributed by atoms with Crippen molar-refractivity contribution in [3.63, 3.8) is 0 Å². The summed E-state index contributed by atoms with van der Waals surface area (Å²) in [4.78, 5) is 54.8. The maximum absolute atomic E-state index is 15.3. The van der Waals surface area contributed by atoms with Gasteiger partial charge in [0, 0.05) is 74.2 Å². The van der Waals surface area contributed by atoms with Crippen LogP contribution in [0.3, 0.4) is 0 Å². The zero-order chi connectivity index (χ0) is 41.7. The molecule has 0 amide bonds. The Bertz CT molecular complexity index is 2310. The molecule has 10 atom stereocenters. The van der Waals surface area contributed by atoms with Crippen LogP contribution in [0.2, 0.25) is 0 Å². The minimum atomic E-state index is -2.32. The Hall–Kier alpha value is -4.56. The molecule has 312 valence electrons. The molecule has 2 spiro atoms. The van der Waals surface area contributed by atoms with Crippen LogP contribution in [-0.4, -0.2) is 134 Å². The predicted molar refractivity (Wildman–Crippen MR) is 218 cm³/mol. The summed E-state index contributed by atoms with van der Waals surface area (Å²) < 4.78 is 23.8. The van der Waals surface area contributed by atoms with Crippen LogP contribution >= 0.6 is 0 Å². The highest BCUT2D eigenvalue weighted by Crippen LogP contribution is 2.69. The molecule has 2 N–H and O–H groups in total. The van der Waals surface area contributed by atoms with Gasteiger partial charge in [0.05, 0.1) is 50.2 Å². The van der Waals surface area contributed by atoms with Gasteiger partial charge in [-0.3, -0.25) is 24.4 Å². The van der Waals surface area contributed by atoms with Crippen LogP contribution in [-0.2, 0) is 44.8 Å². The van der Waals surface area contributed by atoms with Gasteiger partial charge < -0.3 is 34.1 Å². The van der Waals surface area contributed by atoms with E-state index in [0.29, 0.717) is 61.6 Å². The molecule has 2 saturated carbocycles. The van der Waals surface area contributed by atoms with Crippen LogP contribution < -0.4 is 9.64 Å². The number of hydrogen-bond acceptors (Lipinski definition) is 13. The Morgan fingerprint density at radius 1 is 0.915 bits per heavy atom. The Kier molecular flexibility index (Phi) is 8.18. The third-order valence-corrected chi connectivity index (χ3v) is 16.1. The zero-order valence-electron chi connectivity index (χ0n) is 34.9. The van der Waals surface area contributed by atoms with E-state index in [-0.39, 0.29) is 18.5 Å². The van der Waals surface area contributed by atoms with E-state index in [2.05, 4.69) is 22.8 Å². The normalized spacial score (nSPS) is 39.5. The number of likely N-dealkylation sites (N-methyl/N-ethyl adjacent to an activating group) is 1. The van der Waals surface area contributed by atoms with Gasteiger partial charge in [-0.2, -0.15) is 0 Å². The lowest BCUT2D eigenvalue weighted by atomic mass is 9.47. The van der Waals surface area contributed by atoms with Crippen molar-refractivity contribution < 1.29 is 43.5 Å². The number of fused-ring (bicyclic) bond motifs is 2. The highest BCUT2D eigenvalue weighted by atomic mass is 16.6. The molecule has 6 heterocycles. The van der Waals surface area contributed by atoms with Crippen molar-refractivity contribution in [1.82, 2.24) is 9.80 Å². The highest BCUT2D eigenvalue weighted by Gasteiger charge is 2.81. The van der Waals surface area contributed by atoms with Crippen molar-refractivity contribution >= 4 is 35.0 Å². The summed E-state index contributed by atoms with van der Waals surface area (Å²) in [5.74, 6) is -1.67. The number of carbonyl (C=O) groups excluding carboxylic acids is 3. The number of ether oxygens (including phenoxy) is 4. The van der Waals surface area contributed by atoms with Crippen LogP contribution in [0.25, 0.3) is 0 Å². The quantitative estimate of drug-likeness (QED) is 0.239. The van der Waals surface area contributed by atoms with E-state index in [0.717, 1.165) is 35.4 Å². The van der Waals surface area contributed by atoms with Gasteiger partial charge in [-0.25, -0.2) is 4.79 Å². The summed E-state index contributed by atoms with van der Waals surface area (Å²) in [5, 5.41) is 26.7. The van der Waals surface area contributed by atoms with Gasteiger partial charge in [-0.15, -0.1) is 0 Å². The second kappa shape index (κ2) is 12.5. The summed E-state index contributed by atoms with van der Waals surface area (Å²) in [5.41, 5.74) is -2.64. The van der Waals surface area contributed by atoms with Gasteiger partial charge >= 0.3 is 17.9 Å². The first-order chi connectivity index (χ1) is 28.2. The third-order valence-electron chi connectivity index (χ3n) is 16.1. The van der Waals surface area contributed by atoms with Gasteiger partial charge in [-0.1, -0.05) is 55.8 Å². The van der Waals surface area contributed by atoms with E-state index in [1.807, 2.05) is 67.4 Å². The first-order valence-corrected chi connectivity index (χ1v) is 21.0.